The fourth-order valence-electron chi connectivity index (χ4n) is 12.1. The smallest absolute Gasteiger partial charge is 0.305 e. The van der Waals surface area contributed by atoms with Crippen molar-refractivity contribution in [2.45, 2.75) is 437 Å². The topological polar surface area (TPSA) is 95.9 Å². The van der Waals surface area contributed by atoms with Crippen LogP contribution >= 0.6 is 0 Å². The van der Waals surface area contributed by atoms with Crippen LogP contribution in [-0.2, 0) is 14.3 Å². The number of allylic oxidation sites excluding steroid dienone is 5. The Morgan fingerprint density at radius 3 is 0.929 bits per heavy atom. The van der Waals surface area contributed by atoms with Crippen molar-refractivity contribution < 1.29 is 24.5 Å². The SMILES string of the molecule is CCCCC/C=C\C/C=C\CCCCCCCCCC(=O)OCCCCCCCCCCCCCCCCCCCCCCCCCCCCCCCCCCC(=O)NC(CO)C(O)/C=C/CCCCCCCCCCCCCCCCCC. The van der Waals surface area contributed by atoms with Gasteiger partial charge in [-0.25, -0.2) is 0 Å². The van der Waals surface area contributed by atoms with Crippen LogP contribution < -0.4 is 5.32 Å². The summed E-state index contributed by atoms with van der Waals surface area (Å²) >= 11 is 0. The van der Waals surface area contributed by atoms with Gasteiger partial charge in [-0.3, -0.25) is 9.59 Å². The summed E-state index contributed by atoms with van der Waals surface area (Å²) in [6.45, 7) is 4.92. The minimum Gasteiger partial charge on any atom is -0.466 e. The van der Waals surface area contributed by atoms with E-state index in [4.69, 9.17) is 4.74 Å². The zero-order chi connectivity index (χ0) is 60.6. The molecule has 0 saturated heterocycles. The highest BCUT2D eigenvalue weighted by Crippen LogP contribution is 2.19. The highest BCUT2D eigenvalue weighted by atomic mass is 16.5. The fourth-order valence-corrected chi connectivity index (χ4v) is 12.1. The van der Waals surface area contributed by atoms with Gasteiger partial charge in [-0.2, -0.15) is 0 Å². The Morgan fingerprint density at radius 1 is 0.333 bits per heavy atom. The molecule has 0 fully saturated rings. The summed E-state index contributed by atoms with van der Waals surface area (Å²) in [7, 11) is 0. The maximum Gasteiger partial charge on any atom is 0.305 e. The lowest BCUT2D eigenvalue weighted by molar-refractivity contribution is -0.143. The van der Waals surface area contributed by atoms with Crippen molar-refractivity contribution in [3.05, 3.63) is 36.5 Å². The molecule has 0 radical (unpaired) electrons. The summed E-state index contributed by atoms with van der Waals surface area (Å²) in [5.41, 5.74) is 0. The molecule has 0 aromatic carbocycles. The predicted molar refractivity (Wildman–Crippen MR) is 370 cm³/mol. The van der Waals surface area contributed by atoms with E-state index >= 15 is 0 Å². The molecule has 1 amide bonds. The normalized spacial score (nSPS) is 12.7. The maximum atomic E-state index is 12.5. The van der Waals surface area contributed by atoms with Crippen LogP contribution in [0.4, 0.5) is 0 Å². The van der Waals surface area contributed by atoms with E-state index in [1.807, 2.05) is 6.08 Å². The lowest BCUT2D eigenvalue weighted by Crippen LogP contribution is -2.45. The summed E-state index contributed by atoms with van der Waals surface area (Å²) in [4.78, 5) is 24.6. The van der Waals surface area contributed by atoms with E-state index in [-0.39, 0.29) is 18.5 Å². The minimum absolute atomic E-state index is 0.0137. The molecule has 6 nitrogen and oxygen atoms in total. The van der Waals surface area contributed by atoms with Crippen LogP contribution in [0, 0.1) is 0 Å². The summed E-state index contributed by atoms with van der Waals surface area (Å²) in [5, 5.41) is 23.2. The molecule has 0 aromatic heterocycles. The van der Waals surface area contributed by atoms with Crippen LogP contribution in [0.3, 0.4) is 0 Å². The molecule has 0 aliphatic heterocycles. The second-order valence-electron chi connectivity index (χ2n) is 26.3. The van der Waals surface area contributed by atoms with Crippen LogP contribution in [0.25, 0.3) is 0 Å². The van der Waals surface area contributed by atoms with Crippen LogP contribution in [-0.4, -0.2) is 47.4 Å². The van der Waals surface area contributed by atoms with Gasteiger partial charge < -0.3 is 20.3 Å². The second kappa shape index (κ2) is 73.5. The van der Waals surface area contributed by atoms with E-state index in [1.165, 1.54) is 347 Å². The number of carbonyl (C=O) groups is 2. The summed E-state index contributed by atoms with van der Waals surface area (Å²) in [6, 6.07) is -0.625. The zero-order valence-electron chi connectivity index (χ0n) is 56.9. The third-order valence-corrected chi connectivity index (χ3v) is 17.9. The van der Waals surface area contributed by atoms with E-state index in [2.05, 4.69) is 43.5 Å². The molecule has 0 saturated carbocycles. The first-order chi connectivity index (χ1) is 41.5. The molecular weight excluding hydrogens is 1030 g/mol. The van der Waals surface area contributed by atoms with Crippen LogP contribution in [0.1, 0.15) is 425 Å². The van der Waals surface area contributed by atoms with Crippen molar-refractivity contribution in [2.24, 2.45) is 0 Å². The number of hydrogen-bond acceptors (Lipinski definition) is 5. The molecule has 84 heavy (non-hydrogen) atoms. The van der Waals surface area contributed by atoms with Crippen molar-refractivity contribution in [2.75, 3.05) is 13.2 Å². The number of hydrogen-bond donors (Lipinski definition) is 3. The number of rotatable bonds is 72. The van der Waals surface area contributed by atoms with Crippen LogP contribution in [0.2, 0.25) is 0 Å². The number of esters is 1. The Kier molecular flexibility index (Phi) is 71.9. The first-order valence-electron chi connectivity index (χ1n) is 38.3. The molecule has 0 heterocycles. The van der Waals surface area contributed by atoms with Gasteiger partial charge in [0.2, 0.25) is 5.91 Å². The molecule has 0 bridgehead atoms. The van der Waals surface area contributed by atoms with Crippen LogP contribution in [0.5, 0.6) is 0 Å². The monoisotopic (exact) mass is 1180 g/mol. The van der Waals surface area contributed by atoms with Crippen molar-refractivity contribution in [1.82, 2.24) is 5.32 Å². The number of aliphatic hydroxyl groups excluding tert-OH is 2. The van der Waals surface area contributed by atoms with E-state index in [9.17, 15) is 19.8 Å². The molecule has 2 atom stereocenters. The van der Waals surface area contributed by atoms with Crippen molar-refractivity contribution in [3.8, 4) is 0 Å². The van der Waals surface area contributed by atoms with Gasteiger partial charge in [-0.05, 0) is 64.2 Å². The molecular formula is C78H149NO5. The Morgan fingerprint density at radius 2 is 0.595 bits per heavy atom. The molecule has 0 rings (SSSR count). The number of nitrogens with one attached hydrogen (secondary N) is 1. The molecule has 6 heteroatoms. The molecule has 0 aromatic rings. The number of ether oxygens (including phenoxy) is 1. The average molecular weight is 1180 g/mol. The zero-order valence-corrected chi connectivity index (χ0v) is 56.9. The third-order valence-electron chi connectivity index (χ3n) is 17.9. The number of amides is 1. The van der Waals surface area contributed by atoms with Gasteiger partial charge in [0.05, 0.1) is 25.4 Å². The van der Waals surface area contributed by atoms with Crippen LogP contribution in [0.15, 0.2) is 36.5 Å². The van der Waals surface area contributed by atoms with Crippen molar-refractivity contribution >= 4 is 11.9 Å². The van der Waals surface area contributed by atoms with Gasteiger partial charge in [0.15, 0.2) is 0 Å². The van der Waals surface area contributed by atoms with Crippen molar-refractivity contribution in [3.63, 3.8) is 0 Å². The molecule has 496 valence electrons. The maximum absolute atomic E-state index is 12.5. The molecule has 3 N–H and O–H groups in total. The van der Waals surface area contributed by atoms with E-state index in [1.54, 1.807) is 6.08 Å². The van der Waals surface area contributed by atoms with E-state index in [0.29, 0.717) is 19.4 Å². The molecule has 2 unspecified atom stereocenters. The van der Waals surface area contributed by atoms with Gasteiger partial charge >= 0.3 is 5.97 Å². The first-order valence-corrected chi connectivity index (χ1v) is 38.3. The van der Waals surface area contributed by atoms with Gasteiger partial charge in [0.25, 0.3) is 0 Å². The largest absolute Gasteiger partial charge is 0.466 e. The Hall–Kier alpha value is -1.92. The Labute approximate surface area is 525 Å². The second-order valence-corrected chi connectivity index (χ2v) is 26.3. The highest BCUT2D eigenvalue weighted by Gasteiger charge is 2.18. The number of carbonyl (C=O) groups excluding carboxylic acids is 2. The summed E-state index contributed by atoms with van der Waals surface area (Å²) in [5.74, 6) is -0.0461. The number of aliphatic hydroxyl groups is 2. The van der Waals surface area contributed by atoms with Gasteiger partial charge in [-0.15, -0.1) is 0 Å². The molecule has 0 aliphatic rings. The van der Waals surface area contributed by atoms with Crippen molar-refractivity contribution in [1.29, 1.82) is 0 Å². The summed E-state index contributed by atoms with van der Waals surface area (Å²) in [6.07, 6.45) is 95.4. The minimum atomic E-state index is -0.842. The molecule has 0 spiro atoms. The number of unbranched alkanes of at least 4 members (excludes halogenated alkanes) is 57. The quantitative estimate of drug-likeness (QED) is 0.0320. The lowest BCUT2D eigenvalue weighted by Gasteiger charge is -2.20. The molecule has 0 aliphatic carbocycles. The van der Waals surface area contributed by atoms with Gasteiger partial charge in [0.1, 0.15) is 0 Å². The highest BCUT2D eigenvalue weighted by molar-refractivity contribution is 5.76. The van der Waals surface area contributed by atoms with E-state index in [0.717, 1.165) is 51.4 Å². The Balaban J connectivity index is 3.34. The van der Waals surface area contributed by atoms with Gasteiger partial charge in [-0.1, -0.05) is 384 Å². The third kappa shape index (κ3) is 69.2. The summed E-state index contributed by atoms with van der Waals surface area (Å²) < 4.78 is 5.51. The average Bonchev–Trinajstić information content (AvgIpc) is 3.51. The first kappa shape index (κ1) is 82.1. The Bertz CT molecular complexity index is 1360. The van der Waals surface area contributed by atoms with E-state index < -0.39 is 12.1 Å². The predicted octanol–water partition coefficient (Wildman–Crippen LogP) is 25.0. The standard InChI is InChI=1S/C78H149NO5/c1-3-5-7-9-11-13-15-17-19-21-39-42-46-50-54-58-62-66-70-76(81)75(74-80)79-77(82)71-67-63-59-55-51-47-43-40-36-34-32-30-28-26-24-22-23-25-27-29-31-33-35-37-41-45-49-53-57-61-65-69-73-84-78(83)72-68-64-60-56-52-48-44-38-20-18-16-14-12-10-8-6-4-2/h12,14,18,20,66,70,75-76,80-81H,3-11,13,15-17,19,21-65,67-69,71-74H2,1-2H3,(H,79,82)/b14-12-,20-18-,70-66+. The fraction of sp³-hybridized carbons (Fsp3) is 0.897. The van der Waals surface area contributed by atoms with Gasteiger partial charge in [0, 0.05) is 12.8 Å². The lowest BCUT2D eigenvalue weighted by atomic mass is 10.0.